The highest BCUT2D eigenvalue weighted by Crippen LogP contribution is 2.31. The van der Waals surface area contributed by atoms with Gasteiger partial charge < -0.3 is 0 Å². The zero-order valence-corrected chi connectivity index (χ0v) is 12.9. The molecule has 0 atom stereocenters. The van der Waals surface area contributed by atoms with E-state index in [0.29, 0.717) is 5.56 Å². The van der Waals surface area contributed by atoms with Crippen molar-refractivity contribution in [2.75, 3.05) is 0 Å². The third-order valence-electron chi connectivity index (χ3n) is 3.11. The van der Waals surface area contributed by atoms with E-state index in [0.717, 1.165) is 14.5 Å². The van der Waals surface area contributed by atoms with Crippen molar-refractivity contribution in [2.45, 2.75) is 16.0 Å². The summed E-state index contributed by atoms with van der Waals surface area (Å²) < 4.78 is 39.1. The maximum Gasteiger partial charge on any atom is 0.453 e. The minimum atomic E-state index is -4.54. The molecule has 3 nitrogen and oxygen atoms in total. The number of nitrogens with zero attached hydrogens (tertiary/aromatic N) is 3. The molecule has 0 spiro atoms. The molecular weight excluding hydrogens is 323 g/mol. The van der Waals surface area contributed by atoms with E-state index in [1.165, 1.54) is 7.05 Å². The smallest absolute Gasteiger partial charge is 0.248 e. The average Bonchev–Trinajstić information content (AvgIpc) is 2.91. The number of aryl methyl sites for hydroxylation is 1. The summed E-state index contributed by atoms with van der Waals surface area (Å²) in [6.45, 7) is 0. The van der Waals surface area contributed by atoms with Gasteiger partial charge in [0.05, 0.1) is 0 Å². The summed E-state index contributed by atoms with van der Waals surface area (Å²) >= 11 is 1.58. The summed E-state index contributed by atoms with van der Waals surface area (Å²) in [5, 5.41) is 3.42. The van der Waals surface area contributed by atoms with Crippen molar-refractivity contribution in [1.82, 2.24) is 14.8 Å². The van der Waals surface area contributed by atoms with Crippen molar-refractivity contribution >= 4 is 11.8 Å². The third kappa shape index (κ3) is 3.56. The predicted molar refractivity (Wildman–Crippen MR) is 82.0 cm³/mol. The minimum absolute atomic E-state index is 0.189. The maximum absolute atomic E-state index is 12.7. The van der Waals surface area contributed by atoms with Crippen molar-refractivity contribution in [3.63, 3.8) is 0 Å². The molecule has 0 saturated carbocycles. The number of alkyl halides is 3. The van der Waals surface area contributed by atoms with Gasteiger partial charge in [-0.25, -0.2) is 9.67 Å². The van der Waals surface area contributed by atoms with E-state index in [1.807, 2.05) is 42.5 Å². The summed E-state index contributed by atoms with van der Waals surface area (Å²) in [4.78, 5) is 5.68. The number of aromatic nitrogens is 3. The van der Waals surface area contributed by atoms with Crippen LogP contribution in [0.3, 0.4) is 0 Å². The van der Waals surface area contributed by atoms with Crippen LogP contribution in [0.25, 0.3) is 11.4 Å². The molecule has 3 aromatic rings. The van der Waals surface area contributed by atoms with Gasteiger partial charge in [-0.2, -0.15) is 13.2 Å². The van der Waals surface area contributed by atoms with E-state index in [2.05, 4.69) is 10.1 Å². The normalized spacial score (nSPS) is 11.7. The first-order chi connectivity index (χ1) is 10.9. The molecule has 0 aliphatic rings. The summed E-state index contributed by atoms with van der Waals surface area (Å²) in [6, 6.07) is 17.0. The lowest BCUT2D eigenvalue weighted by Crippen LogP contribution is -2.08. The lowest BCUT2D eigenvalue weighted by molar-refractivity contribution is -0.144. The fraction of sp³-hybridized carbons (Fsp3) is 0.125. The Kier molecular flexibility index (Phi) is 4.12. The topological polar surface area (TPSA) is 30.7 Å². The molecule has 0 fully saturated rings. The quantitative estimate of drug-likeness (QED) is 0.698. The Bertz CT molecular complexity index is 796. The van der Waals surface area contributed by atoms with Crippen molar-refractivity contribution in [1.29, 1.82) is 0 Å². The van der Waals surface area contributed by atoms with Gasteiger partial charge >= 0.3 is 6.18 Å². The Labute approximate surface area is 135 Å². The van der Waals surface area contributed by atoms with Crippen molar-refractivity contribution in [3.05, 3.63) is 60.4 Å². The summed E-state index contributed by atoms with van der Waals surface area (Å²) in [6.07, 6.45) is -4.54. The summed E-state index contributed by atoms with van der Waals surface area (Å²) in [5.74, 6) is -0.939. The molecule has 0 aliphatic carbocycles. The van der Waals surface area contributed by atoms with Gasteiger partial charge in [0.2, 0.25) is 0 Å². The molecular formula is C16H12F3N3S. The van der Waals surface area contributed by atoms with Crippen molar-refractivity contribution < 1.29 is 13.2 Å². The molecule has 3 rings (SSSR count). The van der Waals surface area contributed by atoms with Crippen LogP contribution in [0.15, 0.2) is 64.4 Å². The van der Waals surface area contributed by atoms with Crippen LogP contribution in [0.1, 0.15) is 5.82 Å². The SMILES string of the molecule is Cn1nc(C(F)(F)F)nc1-c1ccc(Sc2ccccc2)cc1. The van der Waals surface area contributed by atoms with Gasteiger partial charge in [0.1, 0.15) is 0 Å². The first kappa shape index (κ1) is 15.6. The number of benzene rings is 2. The molecule has 0 aliphatic heterocycles. The lowest BCUT2D eigenvalue weighted by Gasteiger charge is -2.04. The molecule has 0 unspecified atom stereocenters. The fourth-order valence-electron chi connectivity index (χ4n) is 2.05. The molecule has 0 saturated heterocycles. The van der Waals surface area contributed by atoms with Crippen molar-refractivity contribution in [3.8, 4) is 11.4 Å². The Balaban J connectivity index is 1.84. The highest BCUT2D eigenvalue weighted by atomic mass is 32.2. The van der Waals surface area contributed by atoms with Crippen LogP contribution in [0, 0.1) is 0 Å². The van der Waals surface area contributed by atoms with Crippen LogP contribution >= 0.6 is 11.8 Å². The first-order valence-electron chi connectivity index (χ1n) is 6.75. The van der Waals surface area contributed by atoms with Crippen LogP contribution in [0.4, 0.5) is 13.2 Å². The molecule has 7 heteroatoms. The number of rotatable bonds is 3. The lowest BCUT2D eigenvalue weighted by atomic mass is 10.2. The van der Waals surface area contributed by atoms with Gasteiger partial charge in [-0.05, 0) is 24.3 Å². The van der Waals surface area contributed by atoms with E-state index in [1.54, 1.807) is 23.9 Å². The molecule has 0 amide bonds. The summed E-state index contributed by atoms with van der Waals surface area (Å²) in [5.41, 5.74) is 0.591. The van der Waals surface area contributed by atoms with E-state index in [9.17, 15) is 13.2 Å². The monoisotopic (exact) mass is 335 g/mol. The highest BCUT2D eigenvalue weighted by molar-refractivity contribution is 7.99. The highest BCUT2D eigenvalue weighted by Gasteiger charge is 2.36. The Morgan fingerprint density at radius 1 is 0.913 bits per heavy atom. The van der Waals surface area contributed by atoms with Gasteiger partial charge in [-0.1, -0.05) is 42.1 Å². The molecule has 1 heterocycles. The van der Waals surface area contributed by atoms with Crippen LogP contribution in [-0.2, 0) is 13.2 Å². The largest absolute Gasteiger partial charge is 0.453 e. The summed E-state index contributed by atoms with van der Waals surface area (Å²) in [7, 11) is 1.45. The molecule has 0 bridgehead atoms. The Morgan fingerprint density at radius 2 is 1.52 bits per heavy atom. The molecule has 0 radical (unpaired) electrons. The maximum atomic E-state index is 12.7. The second-order valence-electron chi connectivity index (χ2n) is 4.82. The van der Waals surface area contributed by atoms with E-state index in [-0.39, 0.29) is 5.82 Å². The standard InChI is InChI=1S/C16H12F3N3S/c1-22-14(20-15(21-22)16(17,18)19)11-7-9-13(10-8-11)23-12-5-3-2-4-6-12/h2-10H,1H3. The van der Waals surface area contributed by atoms with Gasteiger partial charge in [-0.3, -0.25) is 0 Å². The second kappa shape index (κ2) is 6.08. The number of halogens is 3. The van der Waals surface area contributed by atoms with Gasteiger partial charge in [-0.15, -0.1) is 5.10 Å². The van der Waals surface area contributed by atoms with Crippen LogP contribution in [0.5, 0.6) is 0 Å². The van der Waals surface area contributed by atoms with E-state index in [4.69, 9.17) is 0 Å². The fourth-order valence-corrected chi connectivity index (χ4v) is 2.89. The van der Waals surface area contributed by atoms with Crippen LogP contribution in [0.2, 0.25) is 0 Å². The number of hydrogen-bond acceptors (Lipinski definition) is 3. The zero-order valence-electron chi connectivity index (χ0n) is 12.1. The Morgan fingerprint density at radius 3 is 2.09 bits per heavy atom. The zero-order chi connectivity index (χ0) is 16.4. The first-order valence-corrected chi connectivity index (χ1v) is 7.57. The van der Waals surface area contributed by atoms with Crippen LogP contribution < -0.4 is 0 Å². The third-order valence-corrected chi connectivity index (χ3v) is 4.12. The van der Waals surface area contributed by atoms with Crippen LogP contribution in [-0.4, -0.2) is 14.8 Å². The molecule has 23 heavy (non-hydrogen) atoms. The van der Waals surface area contributed by atoms with Gasteiger partial charge in [0.15, 0.2) is 5.82 Å². The molecule has 0 N–H and O–H groups in total. The number of hydrogen-bond donors (Lipinski definition) is 0. The van der Waals surface area contributed by atoms with E-state index >= 15 is 0 Å². The van der Waals surface area contributed by atoms with E-state index < -0.39 is 12.0 Å². The van der Waals surface area contributed by atoms with Crippen molar-refractivity contribution in [2.24, 2.45) is 7.05 Å². The molecule has 1 aromatic heterocycles. The molecule has 2 aromatic carbocycles. The molecule has 118 valence electrons. The van der Waals surface area contributed by atoms with Gasteiger partial charge in [0, 0.05) is 22.4 Å². The van der Waals surface area contributed by atoms with Gasteiger partial charge in [0.25, 0.3) is 5.82 Å². The minimum Gasteiger partial charge on any atom is -0.248 e. The predicted octanol–water partition coefficient (Wildman–Crippen LogP) is 4.65. The average molecular weight is 335 g/mol. The second-order valence-corrected chi connectivity index (χ2v) is 5.97. The Hall–Kier alpha value is -2.28.